The van der Waals surface area contributed by atoms with Crippen molar-refractivity contribution in [2.45, 2.75) is 23.5 Å². The first-order valence-electron chi connectivity index (χ1n) is 9.44. The lowest BCUT2D eigenvalue weighted by Gasteiger charge is -2.42. The third-order valence-electron chi connectivity index (χ3n) is 5.36. The number of amides is 2. The maximum atomic E-state index is 13.6. The number of sulfonamides is 1. The van der Waals surface area contributed by atoms with Crippen LogP contribution in [-0.2, 0) is 14.8 Å². The van der Waals surface area contributed by atoms with E-state index in [1.54, 1.807) is 17.0 Å². The Labute approximate surface area is 169 Å². The van der Waals surface area contributed by atoms with Crippen molar-refractivity contribution < 1.29 is 22.3 Å². The number of rotatable bonds is 3. The molecule has 0 aliphatic carbocycles. The van der Waals surface area contributed by atoms with E-state index in [1.807, 2.05) is 18.2 Å². The number of nitrogens with one attached hydrogen (secondary N) is 1. The molecule has 4 rings (SSSR count). The second kappa shape index (κ2) is 7.74. The van der Waals surface area contributed by atoms with Gasteiger partial charge in [-0.2, -0.15) is 4.31 Å². The monoisotopic (exact) mass is 419 g/mol. The Bertz CT molecular complexity index is 992. The first-order valence-corrected chi connectivity index (χ1v) is 10.9. The Balaban J connectivity index is 1.47. The van der Waals surface area contributed by atoms with E-state index < -0.39 is 21.6 Å². The zero-order valence-electron chi connectivity index (χ0n) is 15.8. The topological polar surface area (TPSA) is 79.0 Å². The minimum Gasteiger partial charge on any atom is -0.358 e. The summed E-state index contributed by atoms with van der Waals surface area (Å²) in [5.41, 5.74) is -0.306. The van der Waals surface area contributed by atoms with Gasteiger partial charge in [-0.15, -0.1) is 0 Å². The number of hydrogen-bond donors (Lipinski definition) is 1. The van der Waals surface area contributed by atoms with Crippen molar-refractivity contribution in [1.29, 1.82) is 0 Å². The highest BCUT2D eigenvalue weighted by molar-refractivity contribution is 7.89. The van der Waals surface area contributed by atoms with E-state index in [2.05, 4.69) is 5.32 Å². The van der Waals surface area contributed by atoms with Crippen LogP contribution in [0, 0.1) is 5.82 Å². The van der Waals surface area contributed by atoms with E-state index in [0.29, 0.717) is 31.6 Å². The zero-order chi connectivity index (χ0) is 20.5. The van der Waals surface area contributed by atoms with Gasteiger partial charge in [0.2, 0.25) is 10.0 Å². The smallest absolute Gasteiger partial charge is 0.321 e. The van der Waals surface area contributed by atoms with Crippen LogP contribution in [0.2, 0.25) is 0 Å². The SMILES string of the molecule is O=C(Nc1ccccc1)N1CCC2(CC1)OCCN2S(=O)(=O)c1cccc(F)c1. The van der Waals surface area contributed by atoms with Crippen LogP contribution in [0.1, 0.15) is 12.8 Å². The second-order valence-corrected chi connectivity index (χ2v) is 8.97. The molecular formula is C20H22FN3O4S. The van der Waals surface area contributed by atoms with E-state index in [1.165, 1.54) is 22.5 Å². The first kappa shape index (κ1) is 19.8. The molecule has 0 unspecified atom stereocenters. The van der Waals surface area contributed by atoms with Crippen LogP contribution in [-0.4, -0.2) is 55.6 Å². The van der Waals surface area contributed by atoms with Crippen LogP contribution < -0.4 is 5.32 Å². The molecule has 1 N–H and O–H groups in total. The number of nitrogens with zero attached hydrogens (tertiary/aromatic N) is 2. The molecule has 2 saturated heterocycles. The fraction of sp³-hybridized carbons (Fsp3) is 0.350. The summed E-state index contributed by atoms with van der Waals surface area (Å²) >= 11 is 0. The Morgan fingerprint density at radius 1 is 1.03 bits per heavy atom. The van der Waals surface area contributed by atoms with Gasteiger partial charge < -0.3 is 15.0 Å². The van der Waals surface area contributed by atoms with Crippen LogP contribution >= 0.6 is 0 Å². The van der Waals surface area contributed by atoms with E-state index >= 15 is 0 Å². The van der Waals surface area contributed by atoms with Crippen molar-refractivity contribution >= 4 is 21.7 Å². The van der Waals surface area contributed by atoms with Crippen LogP contribution in [0.5, 0.6) is 0 Å². The number of anilines is 1. The lowest BCUT2D eigenvalue weighted by Crippen LogP contribution is -2.56. The van der Waals surface area contributed by atoms with Gasteiger partial charge in [-0.1, -0.05) is 24.3 Å². The number of urea groups is 1. The third kappa shape index (κ3) is 3.85. The Hall–Kier alpha value is -2.49. The molecule has 1 spiro atoms. The predicted molar refractivity (Wildman–Crippen MR) is 105 cm³/mol. The summed E-state index contributed by atoms with van der Waals surface area (Å²) in [5.74, 6) is -0.604. The number of halogens is 1. The van der Waals surface area contributed by atoms with Crippen molar-refractivity contribution in [3.05, 3.63) is 60.4 Å². The van der Waals surface area contributed by atoms with Crippen molar-refractivity contribution in [2.24, 2.45) is 0 Å². The number of piperidine rings is 1. The molecular weight excluding hydrogens is 397 g/mol. The maximum Gasteiger partial charge on any atom is 0.321 e. The van der Waals surface area contributed by atoms with Crippen LogP contribution in [0.3, 0.4) is 0 Å². The first-order chi connectivity index (χ1) is 13.9. The molecule has 2 aromatic rings. The highest BCUT2D eigenvalue weighted by Gasteiger charge is 2.51. The lowest BCUT2D eigenvalue weighted by atomic mass is 10.0. The lowest BCUT2D eigenvalue weighted by molar-refractivity contribution is -0.0840. The number of hydrogen-bond acceptors (Lipinski definition) is 4. The third-order valence-corrected chi connectivity index (χ3v) is 7.31. The maximum absolute atomic E-state index is 13.6. The van der Waals surface area contributed by atoms with Gasteiger partial charge >= 0.3 is 6.03 Å². The molecule has 2 aliphatic heterocycles. The summed E-state index contributed by atoms with van der Waals surface area (Å²) in [5, 5.41) is 2.84. The highest BCUT2D eigenvalue weighted by atomic mass is 32.2. The van der Waals surface area contributed by atoms with E-state index in [4.69, 9.17) is 4.74 Å². The average Bonchev–Trinajstić information content (AvgIpc) is 3.13. The van der Waals surface area contributed by atoms with Gasteiger partial charge in [0.05, 0.1) is 11.5 Å². The fourth-order valence-electron chi connectivity index (χ4n) is 3.87. The summed E-state index contributed by atoms with van der Waals surface area (Å²) in [6.07, 6.45) is 0.702. The summed E-state index contributed by atoms with van der Waals surface area (Å²) in [7, 11) is -3.91. The van der Waals surface area contributed by atoms with Gasteiger partial charge in [0, 0.05) is 38.2 Å². The van der Waals surface area contributed by atoms with Crippen LogP contribution in [0.4, 0.5) is 14.9 Å². The molecule has 0 bridgehead atoms. The minimum atomic E-state index is -3.91. The highest BCUT2D eigenvalue weighted by Crippen LogP contribution is 2.38. The fourth-order valence-corrected chi connectivity index (χ4v) is 5.62. The van der Waals surface area contributed by atoms with Crippen molar-refractivity contribution in [1.82, 2.24) is 9.21 Å². The summed E-state index contributed by atoms with van der Waals surface area (Å²) in [6.45, 7) is 1.18. The molecule has 9 heteroatoms. The molecule has 0 atom stereocenters. The standard InChI is InChI=1S/C20H22FN3O4S/c21-16-5-4-8-18(15-16)29(26,27)24-13-14-28-20(24)9-11-23(12-10-20)19(25)22-17-6-2-1-3-7-17/h1-8,15H,9-14H2,(H,22,25). The average molecular weight is 419 g/mol. The van der Waals surface area contributed by atoms with Crippen molar-refractivity contribution in [2.75, 3.05) is 31.6 Å². The molecule has 0 aromatic heterocycles. The summed E-state index contributed by atoms with van der Waals surface area (Å²) < 4.78 is 47.0. The number of carbonyl (C=O) groups excluding carboxylic acids is 1. The molecule has 0 radical (unpaired) electrons. The van der Waals surface area contributed by atoms with E-state index in [-0.39, 0.29) is 24.1 Å². The molecule has 154 valence electrons. The van der Waals surface area contributed by atoms with Gasteiger partial charge in [-0.25, -0.2) is 17.6 Å². The minimum absolute atomic E-state index is 0.0911. The van der Waals surface area contributed by atoms with Gasteiger partial charge in [0.25, 0.3) is 0 Å². The number of ether oxygens (including phenoxy) is 1. The quantitative estimate of drug-likeness (QED) is 0.830. The molecule has 7 nitrogen and oxygen atoms in total. The van der Waals surface area contributed by atoms with Crippen molar-refractivity contribution in [3.8, 4) is 0 Å². The van der Waals surface area contributed by atoms with Gasteiger partial charge in [0.1, 0.15) is 11.5 Å². The molecule has 0 saturated carbocycles. The van der Waals surface area contributed by atoms with Crippen molar-refractivity contribution in [3.63, 3.8) is 0 Å². The summed E-state index contributed by atoms with van der Waals surface area (Å²) in [6, 6.07) is 13.9. The van der Waals surface area contributed by atoms with E-state index in [9.17, 15) is 17.6 Å². The van der Waals surface area contributed by atoms with Crippen LogP contribution in [0.25, 0.3) is 0 Å². The Kier molecular flexibility index (Phi) is 5.28. The van der Waals surface area contributed by atoms with Crippen LogP contribution in [0.15, 0.2) is 59.5 Å². The number of likely N-dealkylation sites (tertiary alicyclic amines) is 1. The number of carbonyl (C=O) groups is 1. The van der Waals surface area contributed by atoms with Gasteiger partial charge in [0.15, 0.2) is 0 Å². The van der Waals surface area contributed by atoms with Gasteiger partial charge in [-0.3, -0.25) is 0 Å². The number of para-hydroxylation sites is 1. The summed E-state index contributed by atoms with van der Waals surface area (Å²) in [4.78, 5) is 14.1. The Morgan fingerprint density at radius 2 is 1.76 bits per heavy atom. The zero-order valence-corrected chi connectivity index (χ0v) is 16.6. The number of benzene rings is 2. The molecule has 2 aromatic carbocycles. The normalized spacial score (nSPS) is 19.4. The molecule has 2 heterocycles. The largest absolute Gasteiger partial charge is 0.358 e. The van der Waals surface area contributed by atoms with E-state index in [0.717, 1.165) is 6.07 Å². The molecule has 29 heavy (non-hydrogen) atoms. The molecule has 2 amide bonds. The Morgan fingerprint density at radius 3 is 2.45 bits per heavy atom. The van der Waals surface area contributed by atoms with Gasteiger partial charge in [-0.05, 0) is 30.3 Å². The second-order valence-electron chi connectivity index (χ2n) is 7.11. The predicted octanol–water partition coefficient (Wildman–Crippen LogP) is 2.87. The molecule has 2 aliphatic rings. The molecule has 2 fully saturated rings.